The Labute approximate surface area is 285 Å². The lowest BCUT2D eigenvalue weighted by Crippen LogP contribution is -2.00. The number of para-hydroxylation sites is 1. The molecule has 9 aromatic rings. The van der Waals surface area contributed by atoms with Gasteiger partial charge in [-0.05, 0) is 73.5 Å². The number of nitrogens with zero attached hydrogens (tertiary/aromatic N) is 1. The molecule has 0 radical (unpaired) electrons. The maximum absolute atomic E-state index is 9.42. The van der Waals surface area contributed by atoms with Gasteiger partial charge >= 0.3 is 0 Å². The summed E-state index contributed by atoms with van der Waals surface area (Å²) in [7, 11) is 0. The number of rotatable bonds is 6. The summed E-state index contributed by atoms with van der Waals surface area (Å²) >= 11 is 0. The molecule has 0 amide bonds. The standard InChI is InChI=1S/C47H32N2/c1-31(24-29-43(48)46-40-22-12-10-20-38(40)45(33-15-4-2-5-16-33)39-21-11-13-23-41(39)46)34-26-27-37-42-28-25-32-14-8-9-19-36(32)47(42)49(44(37)30-34)35-17-6-3-7-18-35/h2-30,48H,1H2/b29-24-,48-43?. The van der Waals surface area contributed by atoms with Crippen LogP contribution in [0.25, 0.3) is 76.5 Å². The maximum atomic E-state index is 9.42. The van der Waals surface area contributed by atoms with Crippen molar-refractivity contribution in [1.82, 2.24) is 4.57 Å². The third kappa shape index (κ3) is 4.69. The Morgan fingerprint density at radius 2 is 1.08 bits per heavy atom. The molecule has 230 valence electrons. The van der Waals surface area contributed by atoms with E-state index in [1.165, 1.54) is 38.2 Å². The van der Waals surface area contributed by atoms with Gasteiger partial charge in [0.1, 0.15) is 0 Å². The van der Waals surface area contributed by atoms with E-state index in [1.807, 2.05) is 12.2 Å². The highest BCUT2D eigenvalue weighted by molar-refractivity contribution is 6.28. The summed E-state index contributed by atoms with van der Waals surface area (Å²) in [5.74, 6) is 0. The first-order chi connectivity index (χ1) is 24.2. The molecular formula is C47H32N2. The summed E-state index contributed by atoms with van der Waals surface area (Å²) in [5.41, 5.74) is 9.10. The second-order valence-electron chi connectivity index (χ2n) is 12.6. The molecule has 49 heavy (non-hydrogen) atoms. The Hall–Kier alpha value is -6.51. The molecule has 8 aromatic carbocycles. The molecule has 0 aliphatic heterocycles. The summed E-state index contributed by atoms with van der Waals surface area (Å²) < 4.78 is 2.38. The van der Waals surface area contributed by atoms with Crippen LogP contribution in [0.4, 0.5) is 0 Å². The lowest BCUT2D eigenvalue weighted by Gasteiger charge is -2.17. The van der Waals surface area contributed by atoms with Gasteiger partial charge in [-0.2, -0.15) is 0 Å². The van der Waals surface area contributed by atoms with Crippen molar-refractivity contribution >= 4 is 65.4 Å². The predicted molar refractivity (Wildman–Crippen MR) is 210 cm³/mol. The molecular weight excluding hydrogens is 593 g/mol. The average molecular weight is 625 g/mol. The van der Waals surface area contributed by atoms with Crippen LogP contribution in [0.15, 0.2) is 183 Å². The van der Waals surface area contributed by atoms with Gasteiger partial charge in [-0.15, -0.1) is 0 Å². The molecule has 9 rings (SSSR count). The molecule has 0 unspecified atom stereocenters. The molecule has 0 saturated carbocycles. The Morgan fingerprint density at radius 1 is 0.510 bits per heavy atom. The van der Waals surface area contributed by atoms with Crippen LogP contribution in [-0.2, 0) is 0 Å². The number of fused-ring (bicyclic) bond motifs is 7. The van der Waals surface area contributed by atoms with Gasteiger partial charge in [-0.3, -0.25) is 0 Å². The van der Waals surface area contributed by atoms with Crippen molar-refractivity contribution in [2.45, 2.75) is 0 Å². The average Bonchev–Trinajstić information content (AvgIpc) is 3.50. The highest BCUT2D eigenvalue weighted by Gasteiger charge is 2.18. The number of nitrogens with one attached hydrogen (secondary N) is 1. The Morgan fingerprint density at radius 3 is 1.78 bits per heavy atom. The minimum atomic E-state index is 0.458. The normalized spacial score (nSPS) is 11.8. The molecule has 2 nitrogen and oxygen atoms in total. The second-order valence-corrected chi connectivity index (χ2v) is 12.6. The van der Waals surface area contributed by atoms with Gasteiger partial charge < -0.3 is 9.98 Å². The van der Waals surface area contributed by atoms with Gasteiger partial charge in [0.2, 0.25) is 0 Å². The van der Waals surface area contributed by atoms with E-state index in [0.29, 0.717) is 5.71 Å². The first kappa shape index (κ1) is 28.7. The van der Waals surface area contributed by atoms with E-state index < -0.39 is 0 Å². The number of hydrogen-bond acceptors (Lipinski definition) is 1. The van der Waals surface area contributed by atoms with E-state index >= 15 is 0 Å². The van der Waals surface area contributed by atoms with Crippen molar-refractivity contribution in [1.29, 1.82) is 5.41 Å². The zero-order chi connectivity index (χ0) is 32.9. The second kappa shape index (κ2) is 11.6. The fourth-order valence-corrected chi connectivity index (χ4v) is 7.52. The quantitative estimate of drug-likeness (QED) is 0.108. The molecule has 0 saturated heterocycles. The molecule has 0 spiro atoms. The number of aromatic nitrogens is 1. The molecule has 1 heterocycles. The van der Waals surface area contributed by atoms with Gasteiger partial charge in [0.05, 0.1) is 16.7 Å². The van der Waals surface area contributed by atoms with Crippen molar-refractivity contribution in [2.24, 2.45) is 0 Å². The summed E-state index contributed by atoms with van der Waals surface area (Å²) in [6.45, 7) is 4.49. The van der Waals surface area contributed by atoms with E-state index in [2.05, 4.69) is 175 Å². The Balaban J connectivity index is 1.17. The molecule has 0 aliphatic rings. The monoisotopic (exact) mass is 624 g/mol. The molecule has 0 aliphatic carbocycles. The highest BCUT2D eigenvalue weighted by Crippen LogP contribution is 2.40. The van der Waals surface area contributed by atoms with Crippen LogP contribution in [0, 0.1) is 5.41 Å². The third-order valence-electron chi connectivity index (χ3n) is 9.75. The van der Waals surface area contributed by atoms with Gasteiger partial charge in [0, 0.05) is 27.4 Å². The Bertz CT molecular complexity index is 2730. The predicted octanol–water partition coefficient (Wildman–Crippen LogP) is 12.5. The van der Waals surface area contributed by atoms with E-state index in [4.69, 9.17) is 0 Å². The van der Waals surface area contributed by atoms with Crippen molar-refractivity contribution < 1.29 is 0 Å². The zero-order valence-electron chi connectivity index (χ0n) is 26.9. The Kier molecular flexibility index (Phi) is 6.81. The minimum absolute atomic E-state index is 0.458. The lowest BCUT2D eigenvalue weighted by molar-refractivity contribution is 1.19. The third-order valence-corrected chi connectivity index (χ3v) is 9.75. The SMILES string of the molecule is C=C(/C=C\C(=N)c1c2ccccc2c(-c2ccccc2)c2ccccc12)c1ccc2c3ccc4ccccc4c3n(-c3ccccc3)c2c1. The number of hydrogen-bond donors (Lipinski definition) is 1. The zero-order valence-corrected chi connectivity index (χ0v) is 26.9. The fourth-order valence-electron chi connectivity index (χ4n) is 7.52. The van der Waals surface area contributed by atoms with Crippen LogP contribution in [0.3, 0.4) is 0 Å². The van der Waals surface area contributed by atoms with Gasteiger partial charge in [0.15, 0.2) is 0 Å². The smallest absolute Gasteiger partial charge is 0.0624 e. The largest absolute Gasteiger partial charge is 0.309 e. The minimum Gasteiger partial charge on any atom is -0.309 e. The summed E-state index contributed by atoms with van der Waals surface area (Å²) in [6.07, 6.45) is 3.90. The summed E-state index contributed by atoms with van der Waals surface area (Å²) in [6, 6.07) is 57.7. The van der Waals surface area contributed by atoms with E-state index in [0.717, 1.165) is 49.4 Å². The van der Waals surface area contributed by atoms with Gasteiger partial charge in [0.25, 0.3) is 0 Å². The van der Waals surface area contributed by atoms with E-state index in [9.17, 15) is 5.41 Å². The van der Waals surface area contributed by atoms with Crippen molar-refractivity contribution in [3.05, 3.63) is 194 Å². The van der Waals surface area contributed by atoms with Crippen LogP contribution in [0.2, 0.25) is 0 Å². The van der Waals surface area contributed by atoms with Crippen molar-refractivity contribution in [3.8, 4) is 16.8 Å². The van der Waals surface area contributed by atoms with Crippen LogP contribution in [-0.4, -0.2) is 10.3 Å². The first-order valence-electron chi connectivity index (χ1n) is 16.6. The number of benzene rings is 8. The molecule has 1 N–H and O–H groups in total. The van der Waals surface area contributed by atoms with Gasteiger partial charge in [-0.1, -0.05) is 158 Å². The topological polar surface area (TPSA) is 28.8 Å². The van der Waals surface area contributed by atoms with E-state index in [-0.39, 0.29) is 0 Å². The van der Waals surface area contributed by atoms with Crippen molar-refractivity contribution in [2.75, 3.05) is 0 Å². The van der Waals surface area contributed by atoms with Crippen molar-refractivity contribution in [3.63, 3.8) is 0 Å². The fraction of sp³-hybridized carbons (Fsp3) is 0. The molecule has 0 bridgehead atoms. The van der Waals surface area contributed by atoms with Gasteiger partial charge in [-0.25, -0.2) is 0 Å². The van der Waals surface area contributed by atoms with E-state index in [1.54, 1.807) is 0 Å². The van der Waals surface area contributed by atoms with Crippen LogP contribution < -0.4 is 0 Å². The van der Waals surface area contributed by atoms with Crippen LogP contribution >= 0.6 is 0 Å². The molecule has 2 heteroatoms. The molecule has 0 atom stereocenters. The highest BCUT2D eigenvalue weighted by atomic mass is 15.0. The van der Waals surface area contributed by atoms with Crippen LogP contribution in [0.1, 0.15) is 11.1 Å². The first-order valence-corrected chi connectivity index (χ1v) is 16.6. The summed E-state index contributed by atoms with van der Waals surface area (Å²) in [5, 5.41) is 18.7. The molecule has 1 aromatic heterocycles. The maximum Gasteiger partial charge on any atom is 0.0624 e. The molecule has 0 fully saturated rings. The number of allylic oxidation sites excluding steroid dienone is 3. The van der Waals surface area contributed by atoms with Crippen LogP contribution in [0.5, 0.6) is 0 Å². The lowest BCUT2D eigenvalue weighted by atomic mass is 9.86. The summed E-state index contributed by atoms with van der Waals surface area (Å²) in [4.78, 5) is 0.